The predicted octanol–water partition coefficient (Wildman–Crippen LogP) is 4.53. The molecule has 4 rings (SSSR count). The molecule has 1 fully saturated rings. The maximum atomic E-state index is 13.1. The smallest absolute Gasteiger partial charge is 0.243 e. The van der Waals surface area contributed by atoms with Crippen LogP contribution < -0.4 is 4.90 Å². The summed E-state index contributed by atoms with van der Waals surface area (Å²) in [5, 5.41) is 2.58. The number of hydrogen-bond acceptors (Lipinski definition) is 5. The van der Waals surface area contributed by atoms with E-state index in [-0.39, 0.29) is 5.91 Å². The van der Waals surface area contributed by atoms with Gasteiger partial charge in [-0.15, -0.1) is 11.3 Å². The van der Waals surface area contributed by atoms with E-state index >= 15 is 0 Å². The second-order valence-corrected chi connectivity index (χ2v) is 10.4. The third kappa shape index (κ3) is 4.87. The Balaban J connectivity index is 1.46. The Bertz CT molecular complexity index is 1140. The molecule has 1 saturated heterocycles. The number of aromatic nitrogens is 1. The van der Waals surface area contributed by atoms with Gasteiger partial charge in [0, 0.05) is 24.9 Å². The van der Waals surface area contributed by atoms with Crippen LogP contribution in [0.1, 0.15) is 30.5 Å². The van der Waals surface area contributed by atoms with Gasteiger partial charge in [0.25, 0.3) is 0 Å². The molecule has 0 radical (unpaired) electrons. The minimum atomic E-state index is -3.42. The molecule has 6 nitrogen and oxygen atoms in total. The highest BCUT2D eigenvalue weighted by Gasteiger charge is 2.27. The molecule has 0 unspecified atom stereocenters. The predicted molar refractivity (Wildman–Crippen MR) is 123 cm³/mol. The SMILES string of the molecule is Cc1csc(N(C(=O)CCc2ccc(S(=O)(=O)N3CCCC3)cc2)c2ccccc2)n1. The number of carbonyl (C=O) groups is 1. The van der Waals surface area contributed by atoms with Crippen molar-refractivity contribution in [1.82, 2.24) is 9.29 Å². The van der Waals surface area contributed by atoms with Crippen molar-refractivity contribution < 1.29 is 13.2 Å². The van der Waals surface area contributed by atoms with Crippen LogP contribution in [0.5, 0.6) is 0 Å². The summed E-state index contributed by atoms with van der Waals surface area (Å²) in [7, 11) is -3.42. The van der Waals surface area contributed by atoms with Gasteiger partial charge < -0.3 is 0 Å². The van der Waals surface area contributed by atoms with Crippen molar-refractivity contribution >= 4 is 38.1 Å². The Labute approximate surface area is 187 Å². The second-order valence-electron chi connectivity index (χ2n) is 7.59. The fraction of sp³-hybridized carbons (Fsp3) is 0.304. The molecule has 162 valence electrons. The molecule has 2 aromatic carbocycles. The van der Waals surface area contributed by atoms with Crippen molar-refractivity contribution in [2.75, 3.05) is 18.0 Å². The summed E-state index contributed by atoms with van der Waals surface area (Å²) >= 11 is 1.44. The van der Waals surface area contributed by atoms with Gasteiger partial charge in [-0.25, -0.2) is 13.4 Å². The van der Waals surface area contributed by atoms with Crippen LogP contribution in [0.4, 0.5) is 10.8 Å². The van der Waals surface area contributed by atoms with Gasteiger partial charge in [-0.3, -0.25) is 9.69 Å². The van der Waals surface area contributed by atoms with Gasteiger partial charge in [0.15, 0.2) is 5.13 Å². The fourth-order valence-corrected chi connectivity index (χ4v) is 6.01. The molecule has 0 atom stereocenters. The van der Waals surface area contributed by atoms with E-state index in [0.29, 0.717) is 36.0 Å². The average Bonchev–Trinajstić information content (AvgIpc) is 3.46. The van der Waals surface area contributed by atoms with Gasteiger partial charge in [-0.1, -0.05) is 30.3 Å². The molecule has 0 N–H and O–H groups in total. The Kier molecular flexibility index (Phi) is 6.50. The number of aryl methyl sites for hydroxylation is 2. The summed E-state index contributed by atoms with van der Waals surface area (Å²) in [5.41, 5.74) is 2.59. The molecule has 31 heavy (non-hydrogen) atoms. The molecule has 1 aromatic heterocycles. The largest absolute Gasteiger partial charge is 0.274 e. The van der Waals surface area contributed by atoms with Crippen molar-refractivity contribution in [3.05, 3.63) is 71.2 Å². The highest BCUT2D eigenvalue weighted by molar-refractivity contribution is 7.89. The van der Waals surface area contributed by atoms with Gasteiger partial charge in [0.1, 0.15) is 0 Å². The van der Waals surface area contributed by atoms with Crippen LogP contribution in [0.15, 0.2) is 64.9 Å². The molecule has 1 amide bonds. The number of anilines is 2. The zero-order chi connectivity index (χ0) is 21.8. The third-order valence-corrected chi connectivity index (χ3v) is 8.17. The van der Waals surface area contributed by atoms with E-state index < -0.39 is 10.0 Å². The fourth-order valence-electron chi connectivity index (χ4n) is 3.65. The van der Waals surface area contributed by atoms with Crippen molar-refractivity contribution in [2.45, 2.75) is 37.5 Å². The van der Waals surface area contributed by atoms with E-state index in [0.717, 1.165) is 29.8 Å². The average molecular weight is 456 g/mol. The van der Waals surface area contributed by atoms with Crippen LogP contribution in [-0.4, -0.2) is 36.7 Å². The van der Waals surface area contributed by atoms with Gasteiger partial charge in [0.05, 0.1) is 16.3 Å². The first-order valence-electron chi connectivity index (χ1n) is 10.3. The molecule has 0 saturated carbocycles. The number of para-hydroxylation sites is 1. The van der Waals surface area contributed by atoms with E-state index in [9.17, 15) is 13.2 Å². The third-order valence-electron chi connectivity index (χ3n) is 5.32. The summed E-state index contributed by atoms with van der Waals surface area (Å²) in [6.45, 7) is 3.08. The maximum absolute atomic E-state index is 13.1. The van der Waals surface area contributed by atoms with Gasteiger partial charge >= 0.3 is 0 Å². The lowest BCUT2D eigenvalue weighted by atomic mass is 10.1. The molecule has 0 bridgehead atoms. The van der Waals surface area contributed by atoms with E-state index in [1.165, 1.54) is 11.3 Å². The number of amides is 1. The number of carbonyl (C=O) groups excluding carboxylic acids is 1. The van der Waals surface area contributed by atoms with Gasteiger partial charge in [0.2, 0.25) is 15.9 Å². The van der Waals surface area contributed by atoms with Crippen LogP contribution in [0, 0.1) is 6.92 Å². The highest BCUT2D eigenvalue weighted by atomic mass is 32.2. The highest BCUT2D eigenvalue weighted by Crippen LogP contribution is 2.29. The summed E-state index contributed by atoms with van der Waals surface area (Å²) < 4.78 is 26.9. The lowest BCUT2D eigenvalue weighted by molar-refractivity contribution is -0.117. The van der Waals surface area contributed by atoms with E-state index in [4.69, 9.17) is 0 Å². The first kappa shape index (κ1) is 21.7. The molecular formula is C23H25N3O3S2. The van der Waals surface area contributed by atoms with E-state index in [2.05, 4.69) is 4.98 Å². The van der Waals surface area contributed by atoms with E-state index in [1.54, 1.807) is 33.5 Å². The molecule has 1 aliphatic heterocycles. The van der Waals surface area contributed by atoms with Crippen molar-refractivity contribution in [2.24, 2.45) is 0 Å². The zero-order valence-corrected chi connectivity index (χ0v) is 19.0. The molecule has 2 heterocycles. The normalized spacial score (nSPS) is 14.6. The minimum Gasteiger partial charge on any atom is -0.274 e. The van der Waals surface area contributed by atoms with Crippen molar-refractivity contribution in [3.63, 3.8) is 0 Å². The Morgan fingerprint density at radius 2 is 1.74 bits per heavy atom. The number of thiazole rings is 1. The zero-order valence-electron chi connectivity index (χ0n) is 17.4. The van der Waals surface area contributed by atoms with Crippen LogP contribution in [0.25, 0.3) is 0 Å². The number of nitrogens with zero attached hydrogens (tertiary/aromatic N) is 3. The number of rotatable bonds is 7. The van der Waals surface area contributed by atoms with Gasteiger partial charge in [-0.2, -0.15) is 4.31 Å². The molecule has 0 aliphatic carbocycles. The molecular weight excluding hydrogens is 430 g/mol. The second kappa shape index (κ2) is 9.30. The minimum absolute atomic E-state index is 0.0469. The van der Waals surface area contributed by atoms with Crippen LogP contribution >= 0.6 is 11.3 Å². The number of hydrogen-bond donors (Lipinski definition) is 0. The monoisotopic (exact) mass is 455 g/mol. The molecule has 1 aliphatic rings. The first-order chi connectivity index (χ1) is 14.9. The first-order valence-corrected chi connectivity index (χ1v) is 12.7. The van der Waals surface area contributed by atoms with Crippen molar-refractivity contribution in [1.29, 1.82) is 0 Å². The molecule has 8 heteroatoms. The Hall–Kier alpha value is -2.55. The van der Waals surface area contributed by atoms with Gasteiger partial charge in [-0.05, 0) is 56.0 Å². The topological polar surface area (TPSA) is 70.6 Å². The Morgan fingerprint density at radius 3 is 2.35 bits per heavy atom. The number of sulfonamides is 1. The summed E-state index contributed by atoms with van der Waals surface area (Å²) in [4.78, 5) is 19.6. The lowest BCUT2D eigenvalue weighted by Gasteiger charge is -2.20. The standard InChI is InChI=1S/C23H25N3O3S2/c1-18-17-30-23(24-18)26(20-7-3-2-4-8-20)22(27)14-11-19-9-12-21(13-10-19)31(28,29)25-15-5-6-16-25/h2-4,7-10,12-13,17H,5-6,11,14-16H2,1H3. The van der Waals surface area contributed by atoms with Crippen LogP contribution in [0.3, 0.4) is 0 Å². The summed E-state index contributed by atoms with van der Waals surface area (Å²) in [5.74, 6) is -0.0469. The number of benzene rings is 2. The lowest BCUT2D eigenvalue weighted by Crippen LogP contribution is -2.27. The van der Waals surface area contributed by atoms with Crippen LogP contribution in [-0.2, 0) is 21.2 Å². The Morgan fingerprint density at radius 1 is 1.06 bits per heavy atom. The van der Waals surface area contributed by atoms with Crippen LogP contribution in [0.2, 0.25) is 0 Å². The quantitative estimate of drug-likeness (QED) is 0.525. The van der Waals surface area contributed by atoms with E-state index in [1.807, 2.05) is 42.6 Å². The van der Waals surface area contributed by atoms with Crippen molar-refractivity contribution in [3.8, 4) is 0 Å². The molecule has 3 aromatic rings. The summed E-state index contributed by atoms with van der Waals surface area (Å²) in [6, 6.07) is 16.4. The molecule has 0 spiro atoms. The summed E-state index contributed by atoms with van der Waals surface area (Å²) in [6.07, 6.45) is 2.65. The maximum Gasteiger partial charge on any atom is 0.243 e.